The van der Waals surface area contributed by atoms with Crippen LogP contribution in [0, 0.1) is 0 Å². The minimum Gasteiger partial charge on any atom is -0.305 e. The van der Waals surface area contributed by atoms with Crippen LogP contribution in [0.1, 0.15) is 18.5 Å². The smallest absolute Gasteiger partial charge is 0.250 e. The third-order valence-electron chi connectivity index (χ3n) is 1.62. The fourth-order valence-corrected chi connectivity index (χ4v) is 1.66. The Balaban J connectivity index is 2.34. The van der Waals surface area contributed by atoms with Crippen LogP contribution < -0.4 is 5.32 Å². The summed E-state index contributed by atoms with van der Waals surface area (Å²) in [5.41, 5.74) is 1.07. The van der Waals surface area contributed by atoms with E-state index >= 15 is 0 Å². The molecule has 0 spiro atoms. The lowest BCUT2D eigenvalue weighted by atomic mass is 10.2. The van der Waals surface area contributed by atoms with Gasteiger partial charge in [-0.15, -0.1) is 0 Å². The van der Waals surface area contributed by atoms with Crippen LogP contribution in [0.2, 0.25) is 0 Å². The second-order valence-electron chi connectivity index (χ2n) is 2.58. The van der Waals surface area contributed by atoms with Crippen LogP contribution in [-0.2, 0) is 0 Å². The van der Waals surface area contributed by atoms with Gasteiger partial charge >= 0.3 is 0 Å². The van der Waals surface area contributed by atoms with E-state index < -0.39 is 6.43 Å². The van der Waals surface area contributed by atoms with Gasteiger partial charge in [0.2, 0.25) is 0 Å². The molecule has 0 fully saturated rings. The molecule has 4 heteroatoms. The van der Waals surface area contributed by atoms with Gasteiger partial charge < -0.3 is 5.32 Å². The van der Waals surface area contributed by atoms with Gasteiger partial charge in [-0.3, -0.25) is 0 Å². The first-order valence-electron chi connectivity index (χ1n) is 3.74. The lowest BCUT2D eigenvalue weighted by Gasteiger charge is -2.11. The highest BCUT2D eigenvalue weighted by Gasteiger charge is 2.07. The first kappa shape index (κ1) is 9.61. The highest BCUT2D eigenvalue weighted by atomic mass is 32.1. The molecule has 0 amide bonds. The van der Waals surface area contributed by atoms with Crippen LogP contribution in [0.3, 0.4) is 0 Å². The van der Waals surface area contributed by atoms with Crippen LogP contribution in [0.4, 0.5) is 8.78 Å². The molecule has 1 atom stereocenters. The van der Waals surface area contributed by atoms with Crippen molar-refractivity contribution in [2.24, 2.45) is 0 Å². The van der Waals surface area contributed by atoms with Gasteiger partial charge in [-0.25, -0.2) is 8.78 Å². The second-order valence-corrected chi connectivity index (χ2v) is 3.36. The molecule has 0 saturated heterocycles. The van der Waals surface area contributed by atoms with Gasteiger partial charge in [-0.1, -0.05) is 0 Å². The second kappa shape index (κ2) is 4.52. The van der Waals surface area contributed by atoms with Crippen molar-refractivity contribution in [2.75, 3.05) is 6.54 Å². The summed E-state index contributed by atoms with van der Waals surface area (Å²) in [5, 5.41) is 6.64. The molecule has 0 aliphatic heterocycles. The molecule has 0 radical (unpaired) electrons. The van der Waals surface area contributed by atoms with Crippen molar-refractivity contribution in [3.8, 4) is 0 Å². The molecule has 1 nitrogen and oxygen atoms in total. The summed E-state index contributed by atoms with van der Waals surface area (Å²) in [6.07, 6.45) is -2.27. The highest BCUT2D eigenvalue weighted by molar-refractivity contribution is 7.07. The van der Waals surface area contributed by atoms with Gasteiger partial charge in [-0.2, -0.15) is 11.3 Å². The van der Waals surface area contributed by atoms with E-state index in [0.29, 0.717) is 0 Å². The van der Waals surface area contributed by atoms with E-state index in [4.69, 9.17) is 0 Å². The third kappa shape index (κ3) is 2.87. The molecular weight excluding hydrogens is 180 g/mol. The molecule has 0 bridgehead atoms. The van der Waals surface area contributed by atoms with Crippen molar-refractivity contribution in [1.82, 2.24) is 5.32 Å². The first-order valence-corrected chi connectivity index (χ1v) is 4.68. The van der Waals surface area contributed by atoms with E-state index in [-0.39, 0.29) is 12.6 Å². The Hall–Kier alpha value is -0.480. The fraction of sp³-hybridized carbons (Fsp3) is 0.500. The van der Waals surface area contributed by atoms with Crippen molar-refractivity contribution >= 4 is 11.3 Å². The normalized spacial score (nSPS) is 13.7. The van der Waals surface area contributed by atoms with Gasteiger partial charge in [0.15, 0.2) is 0 Å². The molecule has 0 aliphatic rings. The number of alkyl halides is 2. The zero-order valence-electron chi connectivity index (χ0n) is 6.76. The van der Waals surface area contributed by atoms with Crippen LogP contribution in [0.15, 0.2) is 16.8 Å². The maximum absolute atomic E-state index is 11.8. The minimum absolute atomic E-state index is 0.0187. The Bertz CT molecular complexity index is 211. The molecule has 1 rings (SSSR count). The number of rotatable bonds is 4. The number of nitrogens with one attached hydrogen (secondary N) is 1. The van der Waals surface area contributed by atoms with Crippen molar-refractivity contribution < 1.29 is 8.78 Å². The summed E-state index contributed by atoms with van der Waals surface area (Å²) in [4.78, 5) is 0. The first-order chi connectivity index (χ1) is 5.70. The lowest BCUT2D eigenvalue weighted by molar-refractivity contribution is 0.142. The molecule has 0 aromatic carbocycles. The van der Waals surface area contributed by atoms with E-state index in [1.165, 1.54) is 0 Å². The monoisotopic (exact) mass is 191 g/mol. The van der Waals surface area contributed by atoms with Crippen molar-refractivity contribution in [3.63, 3.8) is 0 Å². The molecule has 1 aromatic rings. The molecule has 1 unspecified atom stereocenters. The van der Waals surface area contributed by atoms with Crippen LogP contribution in [0.5, 0.6) is 0 Å². The topological polar surface area (TPSA) is 12.0 Å². The Morgan fingerprint density at radius 1 is 1.58 bits per heavy atom. The van der Waals surface area contributed by atoms with E-state index in [1.54, 1.807) is 11.3 Å². The quantitative estimate of drug-likeness (QED) is 0.771. The standard InChI is InChI=1S/C8H11F2NS/c1-6(11-4-8(9)10)7-2-3-12-5-7/h2-3,5-6,8,11H,4H2,1H3. The molecule has 1 N–H and O–H groups in total. The van der Waals surface area contributed by atoms with Crippen molar-refractivity contribution in [2.45, 2.75) is 19.4 Å². The SMILES string of the molecule is CC(NCC(F)F)c1ccsc1. The Kier molecular flexibility index (Phi) is 3.62. The number of hydrogen-bond acceptors (Lipinski definition) is 2. The van der Waals surface area contributed by atoms with E-state index in [0.717, 1.165) is 5.56 Å². The summed E-state index contributed by atoms with van der Waals surface area (Å²) in [7, 11) is 0. The summed E-state index contributed by atoms with van der Waals surface area (Å²) >= 11 is 1.57. The van der Waals surface area contributed by atoms with Crippen molar-refractivity contribution in [1.29, 1.82) is 0 Å². The zero-order valence-corrected chi connectivity index (χ0v) is 7.57. The summed E-state index contributed by atoms with van der Waals surface area (Å²) in [5.74, 6) is 0. The number of halogens is 2. The van der Waals surface area contributed by atoms with Gasteiger partial charge in [0.25, 0.3) is 6.43 Å². The molecule has 0 saturated carbocycles. The van der Waals surface area contributed by atoms with Gasteiger partial charge in [0.1, 0.15) is 0 Å². The summed E-state index contributed by atoms with van der Waals surface area (Å²) in [6.45, 7) is 1.64. The average Bonchev–Trinajstić information content (AvgIpc) is 2.51. The maximum Gasteiger partial charge on any atom is 0.250 e. The van der Waals surface area contributed by atoms with E-state index in [2.05, 4.69) is 5.32 Å². The van der Waals surface area contributed by atoms with Crippen LogP contribution >= 0.6 is 11.3 Å². The maximum atomic E-state index is 11.8. The van der Waals surface area contributed by atoms with Gasteiger partial charge in [-0.05, 0) is 29.3 Å². The van der Waals surface area contributed by atoms with Gasteiger partial charge in [0, 0.05) is 6.04 Å². The highest BCUT2D eigenvalue weighted by Crippen LogP contribution is 2.15. The molecule has 68 valence electrons. The van der Waals surface area contributed by atoms with Crippen LogP contribution in [-0.4, -0.2) is 13.0 Å². The lowest BCUT2D eigenvalue weighted by Crippen LogP contribution is -2.24. The predicted molar refractivity (Wildman–Crippen MR) is 46.7 cm³/mol. The van der Waals surface area contributed by atoms with Crippen molar-refractivity contribution in [3.05, 3.63) is 22.4 Å². The predicted octanol–water partition coefficient (Wildman–Crippen LogP) is 2.66. The molecule has 0 aliphatic carbocycles. The number of hydrogen-bond donors (Lipinski definition) is 1. The Morgan fingerprint density at radius 2 is 2.33 bits per heavy atom. The zero-order chi connectivity index (χ0) is 8.97. The minimum atomic E-state index is -2.27. The number of thiophene rings is 1. The van der Waals surface area contributed by atoms with E-state index in [1.807, 2.05) is 23.8 Å². The summed E-state index contributed by atoms with van der Waals surface area (Å²) < 4.78 is 23.6. The molecular formula is C8H11F2NS. The third-order valence-corrected chi connectivity index (χ3v) is 2.32. The van der Waals surface area contributed by atoms with Crippen LogP contribution in [0.25, 0.3) is 0 Å². The molecule has 1 heterocycles. The fourth-order valence-electron chi connectivity index (χ4n) is 0.905. The van der Waals surface area contributed by atoms with Gasteiger partial charge in [0.05, 0.1) is 6.54 Å². The average molecular weight is 191 g/mol. The Morgan fingerprint density at radius 3 is 2.83 bits per heavy atom. The molecule has 12 heavy (non-hydrogen) atoms. The van der Waals surface area contributed by atoms with E-state index in [9.17, 15) is 8.78 Å². The molecule has 1 aromatic heterocycles. The summed E-state index contributed by atoms with van der Waals surface area (Å²) in [6, 6.07) is 1.96. The Labute approximate surface area is 74.4 Å². The largest absolute Gasteiger partial charge is 0.305 e.